The minimum Gasteiger partial charge on any atom is -0.0802 e. The first-order valence-electron chi connectivity index (χ1n) is 4.63. The van der Waals surface area contributed by atoms with Crippen LogP contribution >= 0.6 is 0 Å². The van der Waals surface area contributed by atoms with Gasteiger partial charge in [0.25, 0.3) is 0 Å². The fourth-order valence-corrected chi connectivity index (χ4v) is 2.19. The highest BCUT2D eigenvalue weighted by Crippen LogP contribution is 2.52. The molecule has 0 amide bonds. The zero-order valence-electron chi connectivity index (χ0n) is 7.25. The maximum Gasteiger partial charge on any atom is -0.00869 e. The molecule has 0 aromatic heterocycles. The Morgan fingerprint density at radius 1 is 1.33 bits per heavy atom. The maximum atomic E-state index is 2.37. The molecule has 0 nitrogen and oxygen atoms in total. The number of benzene rings is 1. The fourth-order valence-electron chi connectivity index (χ4n) is 2.19. The van der Waals surface area contributed by atoms with E-state index >= 15 is 0 Å². The molecule has 3 rings (SSSR count). The molecule has 2 atom stereocenters. The Hall–Kier alpha value is -1.04. The van der Waals surface area contributed by atoms with Gasteiger partial charge in [-0.15, -0.1) is 0 Å². The molecule has 0 heteroatoms. The molecule has 2 aliphatic rings. The summed E-state index contributed by atoms with van der Waals surface area (Å²) in [5.41, 5.74) is 4.40. The molecule has 0 N–H and O–H groups in total. The molecule has 2 unspecified atom stereocenters. The molecule has 0 saturated heterocycles. The van der Waals surface area contributed by atoms with Crippen molar-refractivity contribution < 1.29 is 0 Å². The summed E-state index contributed by atoms with van der Waals surface area (Å²) in [6.07, 6.45) is 6.04. The molecule has 60 valence electrons. The standard InChI is InChI=1S/C12H12/c1-8-2-5-11-9(6-8)3-4-10-7-12(10)11/h2-6,10,12H,7H2,1H3. The topological polar surface area (TPSA) is 0 Å². The quantitative estimate of drug-likeness (QED) is 0.541. The van der Waals surface area contributed by atoms with Gasteiger partial charge in [0, 0.05) is 0 Å². The van der Waals surface area contributed by atoms with Gasteiger partial charge in [-0.3, -0.25) is 0 Å². The van der Waals surface area contributed by atoms with Gasteiger partial charge in [0.2, 0.25) is 0 Å². The second kappa shape index (κ2) is 2.01. The van der Waals surface area contributed by atoms with Crippen molar-refractivity contribution in [3.63, 3.8) is 0 Å². The van der Waals surface area contributed by atoms with E-state index in [1.165, 1.54) is 17.5 Å². The van der Waals surface area contributed by atoms with Crippen LogP contribution < -0.4 is 0 Å². The van der Waals surface area contributed by atoms with E-state index in [9.17, 15) is 0 Å². The van der Waals surface area contributed by atoms with Crippen LogP contribution in [-0.4, -0.2) is 0 Å². The first-order valence-corrected chi connectivity index (χ1v) is 4.63. The van der Waals surface area contributed by atoms with Gasteiger partial charge in [-0.1, -0.05) is 35.9 Å². The summed E-state index contributed by atoms with van der Waals surface area (Å²) in [4.78, 5) is 0. The fraction of sp³-hybridized carbons (Fsp3) is 0.333. The van der Waals surface area contributed by atoms with Gasteiger partial charge in [-0.05, 0) is 36.3 Å². The van der Waals surface area contributed by atoms with Crippen molar-refractivity contribution in [1.29, 1.82) is 0 Å². The molecule has 2 aliphatic carbocycles. The number of hydrogen-bond donors (Lipinski definition) is 0. The predicted octanol–water partition coefficient (Wildman–Crippen LogP) is 3.13. The van der Waals surface area contributed by atoms with Gasteiger partial charge < -0.3 is 0 Å². The smallest absolute Gasteiger partial charge is 0.00869 e. The average molecular weight is 156 g/mol. The van der Waals surface area contributed by atoms with Gasteiger partial charge in [0.15, 0.2) is 0 Å². The monoisotopic (exact) mass is 156 g/mol. The lowest BCUT2D eigenvalue weighted by Crippen LogP contribution is -1.92. The highest BCUT2D eigenvalue weighted by Gasteiger charge is 2.39. The summed E-state index contributed by atoms with van der Waals surface area (Å²) in [6, 6.07) is 6.83. The van der Waals surface area contributed by atoms with Crippen molar-refractivity contribution >= 4 is 6.08 Å². The SMILES string of the molecule is Cc1ccc2c(c1)C=CC1CC21. The number of allylic oxidation sites excluding steroid dienone is 1. The molecule has 0 radical (unpaired) electrons. The van der Waals surface area contributed by atoms with Crippen LogP contribution in [-0.2, 0) is 0 Å². The first-order chi connectivity index (χ1) is 5.84. The van der Waals surface area contributed by atoms with E-state index in [1.54, 1.807) is 5.56 Å². The number of aryl methyl sites for hydroxylation is 1. The van der Waals surface area contributed by atoms with Gasteiger partial charge in [0.05, 0.1) is 0 Å². The summed E-state index contributed by atoms with van der Waals surface area (Å²) in [7, 11) is 0. The average Bonchev–Trinajstić information content (AvgIpc) is 2.82. The van der Waals surface area contributed by atoms with E-state index in [0.29, 0.717) is 0 Å². The second-order valence-electron chi connectivity index (χ2n) is 4.00. The summed E-state index contributed by atoms with van der Waals surface area (Å²) in [6.45, 7) is 2.16. The number of rotatable bonds is 0. The molecule has 1 aromatic rings. The summed E-state index contributed by atoms with van der Waals surface area (Å²) in [5, 5.41) is 0. The lowest BCUT2D eigenvalue weighted by atomic mass is 9.96. The Bertz CT molecular complexity index is 360. The first kappa shape index (κ1) is 6.47. The molecule has 12 heavy (non-hydrogen) atoms. The van der Waals surface area contributed by atoms with Crippen LogP contribution in [0.25, 0.3) is 6.08 Å². The van der Waals surface area contributed by atoms with Gasteiger partial charge >= 0.3 is 0 Å². The normalized spacial score (nSPS) is 29.4. The van der Waals surface area contributed by atoms with Gasteiger partial charge in [0.1, 0.15) is 0 Å². The molecule has 0 heterocycles. The third-order valence-corrected chi connectivity index (χ3v) is 3.00. The van der Waals surface area contributed by atoms with Crippen LogP contribution in [0.2, 0.25) is 0 Å². The number of hydrogen-bond acceptors (Lipinski definition) is 0. The van der Waals surface area contributed by atoms with E-state index in [4.69, 9.17) is 0 Å². The van der Waals surface area contributed by atoms with Crippen LogP contribution in [0.3, 0.4) is 0 Å². The van der Waals surface area contributed by atoms with Crippen molar-refractivity contribution in [2.75, 3.05) is 0 Å². The zero-order chi connectivity index (χ0) is 8.13. The Morgan fingerprint density at radius 3 is 3.17 bits per heavy atom. The van der Waals surface area contributed by atoms with Crippen LogP contribution in [0.4, 0.5) is 0 Å². The summed E-state index contributed by atoms with van der Waals surface area (Å²) >= 11 is 0. The lowest BCUT2D eigenvalue weighted by Gasteiger charge is -2.09. The minimum atomic E-state index is 0.866. The van der Waals surface area contributed by atoms with Crippen molar-refractivity contribution in [3.8, 4) is 0 Å². The summed E-state index contributed by atoms with van der Waals surface area (Å²) in [5.74, 6) is 1.74. The van der Waals surface area contributed by atoms with Crippen molar-refractivity contribution in [2.45, 2.75) is 19.3 Å². The molecular weight excluding hydrogens is 144 g/mol. The van der Waals surface area contributed by atoms with E-state index in [1.807, 2.05) is 0 Å². The Labute approximate surface area is 72.9 Å². The van der Waals surface area contributed by atoms with E-state index in [0.717, 1.165) is 11.8 Å². The van der Waals surface area contributed by atoms with Crippen molar-refractivity contribution in [2.24, 2.45) is 5.92 Å². The molecule has 0 bridgehead atoms. The van der Waals surface area contributed by atoms with E-state index in [-0.39, 0.29) is 0 Å². The second-order valence-corrected chi connectivity index (χ2v) is 4.00. The van der Waals surface area contributed by atoms with Gasteiger partial charge in [-0.2, -0.15) is 0 Å². The zero-order valence-corrected chi connectivity index (χ0v) is 7.25. The molecule has 0 aliphatic heterocycles. The number of fused-ring (bicyclic) bond motifs is 3. The molecule has 1 fully saturated rings. The van der Waals surface area contributed by atoms with Crippen LogP contribution in [0.5, 0.6) is 0 Å². The predicted molar refractivity (Wildman–Crippen MR) is 51.1 cm³/mol. The van der Waals surface area contributed by atoms with Crippen LogP contribution in [0, 0.1) is 12.8 Å². The Morgan fingerprint density at radius 2 is 2.25 bits per heavy atom. The summed E-state index contributed by atoms with van der Waals surface area (Å²) < 4.78 is 0. The van der Waals surface area contributed by atoms with Crippen molar-refractivity contribution in [3.05, 3.63) is 41.0 Å². The largest absolute Gasteiger partial charge is 0.0802 e. The Balaban J connectivity index is 2.21. The molecular formula is C12H12. The maximum absolute atomic E-state index is 2.37. The highest BCUT2D eigenvalue weighted by molar-refractivity contribution is 5.61. The minimum absolute atomic E-state index is 0.866. The van der Waals surface area contributed by atoms with Gasteiger partial charge in [-0.25, -0.2) is 0 Å². The van der Waals surface area contributed by atoms with Crippen LogP contribution in [0.1, 0.15) is 29.0 Å². The third kappa shape index (κ3) is 0.781. The molecule has 1 saturated carbocycles. The third-order valence-electron chi connectivity index (χ3n) is 3.00. The van der Waals surface area contributed by atoms with E-state index in [2.05, 4.69) is 37.3 Å². The molecule has 1 aromatic carbocycles. The highest BCUT2D eigenvalue weighted by atomic mass is 14.4. The van der Waals surface area contributed by atoms with Crippen molar-refractivity contribution in [1.82, 2.24) is 0 Å². The van der Waals surface area contributed by atoms with E-state index < -0.39 is 0 Å². The Kier molecular flexibility index (Phi) is 1.08. The molecule has 0 spiro atoms. The van der Waals surface area contributed by atoms with Crippen LogP contribution in [0.15, 0.2) is 24.3 Å². The lowest BCUT2D eigenvalue weighted by molar-refractivity contribution is 0.994.